The molecule has 184 valence electrons. The number of ketones is 1. The predicted octanol–water partition coefficient (Wildman–Crippen LogP) is 9.23. The number of alkyl halides is 1. The Morgan fingerprint density at radius 2 is 1.44 bits per heavy atom. The third kappa shape index (κ3) is 4.47. The van der Waals surface area contributed by atoms with Crippen LogP contribution in [-0.4, -0.2) is 12.0 Å². The molecular formula is C30H51FO. The fraction of sp³-hybridized carbons (Fsp3) is 0.967. The standard InChI is InChI=1S/C30H51FO/c1-3-5-8-12-23-14-16-24(17-15-23)25-18-21-30(26(22-25)13-9-6-4-2)27(31)29(28(30)32)19-10-7-11-20-29/h23-27H,3-22H2,1-2H3/t23?,24?,25?,26-,27+,30-/m0/s1. The van der Waals surface area contributed by atoms with Crippen LogP contribution in [0.4, 0.5) is 4.39 Å². The van der Waals surface area contributed by atoms with Crippen molar-refractivity contribution < 1.29 is 9.18 Å². The van der Waals surface area contributed by atoms with E-state index in [1.165, 1.54) is 77.0 Å². The zero-order valence-electron chi connectivity index (χ0n) is 21.3. The maximum absolute atomic E-state index is 16.2. The topological polar surface area (TPSA) is 17.1 Å². The van der Waals surface area contributed by atoms with Gasteiger partial charge in [0.05, 0.1) is 10.8 Å². The quantitative estimate of drug-likeness (QED) is 0.322. The monoisotopic (exact) mass is 446 g/mol. The minimum Gasteiger partial charge on any atom is -0.298 e. The van der Waals surface area contributed by atoms with E-state index in [1.807, 2.05) is 0 Å². The van der Waals surface area contributed by atoms with E-state index in [0.29, 0.717) is 11.7 Å². The Morgan fingerprint density at radius 1 is 0.781 bits per heavy atom. The Hall–Kier alpha value is -0.400. The number of unbranched alkanes of at least 4 members (excludes halogenated alkanes) is 4. The molecule has 0 radical (unpaired) electrons. The highest BCUT2D eigenvalue weighted by Crippen LogP contribution is 2.68. The summed E-state index contributed by atoms with van der Waals surface area (Å²) in [6, 6.07) is 0. The minimum atomic E-state index is -0.843. The fourth-order valence-electron chi connectivity index (χ4n) is 8.80. The number of carbonyl (C=O) groups excluding carboxylic acids is 1. The largest absolute Gasteiger partial charge is 0.298 e. The molecule has 4 saturated carbocycles. The van der Waals surface area contributed by atoms with E-state index in [9.17, 15) is 4.79 Å². The van der Waals surface area contributed by atoms with E-state index in [-0.39, 0.29) is 0 Å². The number of halogens is 1. The smallest absolute Gasteiger partial charge is 0.151 e. The number of carbonyl (C=O) groups is 1. The van der Waals surface area contributed by atoms with Crippen LogP contribution in [-0.2, 0) is 4.79 Å². The summed E-state index contributed by atoms with van der Waals surface area (Å²) in [5.74, 6) is 3.27. The lowest BCUT2D eigenvalue weighted by atomic mass is 9.39. The van der Waals surface area contributed by atoms with Crippen LogP contribution in [0.1, 0.15) is 142 Å². The Bertz CT molecular complexity index is 600. The zero-order valence-corrected chi connectivity index (χ0v) is 21.3. The van der Waals surface area contributed by atoms with Gasteiger partial charge in [-0.05, 0) is 75.0 Å². The molecule has 4 aliphatic rings. The molecule has 2 spiro atoms. The summed E-state index contributed by atoms with van der Waals surface area (Å²) >= 11 is 0. The van der Waals surface area contributed by atoms with Gasteiger partial charge in [-0.1, -0.05) is 90.9 Å². The predicted molar refractivity (Wildman–Crippen MR) is 132 cm³/mol. The Labute approximate surface area is 198 Å². The summed E-state index contributed by atoms with van der Waals surface area (Å²) in [7, 11) is 0. The summed E-state index contributed by atoms with van der Waals surface area (Å²) < 4.78 is 16.2. The third-order valence-corrected chi connectivity index (χ3v) is 10.7. The zero-order chi connectivity index (χ0) is 22.6. The molecule has 1 unspecified atom stereocenters. The van der Waals surface area contributed by atoms with Crippen molar-refractivity contribution in [3.63, 3.8) is 0 Å². The van der Waals surface area contributed by atoms with E-state index in [1.54, 1.807) is 0 Å². The van der Waals surface area contributed by atoms with Crippen molar-refractivity contribution >= 4 is 5.78 Å². The molecule has 0 aromatic heterocycles. The first-order chi connectivity index (χ1) is 15.6. The van der Waals surface area contributed by atoms with Crippen LogP contribution in [0.2, 0.25) is 0 Å². The van der Waals surface area contributed by atoms with Gasteiger partial charge in [-0.15, -0.1) is 0 Å². The van der Waals surface area contributed by atoms with Gasteiger partial charge in [-0.3, -0.25) is 4.79 Å². The SMILES string of the molecule is CCCCCC1CCC(C2CC[C@]3(C(=O)C4(CCCCC4)[C@H]3F)[C@@H](CCCCC)C2)CC1. The molecular weight excluding hydrogens is 395 g/mol. The van der Waals surface area contributed by atoms with Crippen LogP contribution in [0, 0.1) is 34.5 Å². The lowest BCUT2D eigenvalue weighted by molar-refractivity contribution is -0.205. The molecule has 0 aromatic carbocycles. The van der Waals surface area contributed by atoms with Gasteiger partial charge in [0.1, 0.15) is 6.17 Å². The molecule has 0 saturated heterocycles. The van der Waals surface area contributed by atoms with Crippen molar-refractivity contribution in [1.82, 2.24) is 0 Å². The number of hydrogen-bond donors (Lipinski definition) is 0. The van der Waals surface area contributed by atoms with Gasteiger partial charge < -0.3 is 0 Å². The van der Waals surface area contributed by atoms with Crippen LogP contribution in [0.25, 0.3) is 0 Å². The van der Waals surface area contributed by atoms with Crippen molar-refractivity contribution in [2.45, 2.75) is 148 Å². The van der Waals surface area contributed by atoms with Gasteiger partial charge in [0.25, 0.3) is 0 Å². The average Bonchev–Trinajstić information content (AvgIpc) is 2.84. The van der Waals surface area contributed by atoms with Crippen LogP contribution in [0.15, 0.2) is 0 Å². The van der Waals surface area contributed by atoms with Gasteiger partial charge in [-0.25, -0.2) is 4.39 Å². The van der Waals surface area contributed by atoms with Crippen molar-refractivity contribution in [3.8, 4) is 0 Å². The van der Waals surface area contributed by atoms with Gasteiger partial charge in [0.2, 0.25) is 0 Å². The molecule has 4 fully saturated rings. The number of hydrogen-bond acceptors (Lipinski definition) is 1. The Morgan fingerprint density at radius 3 is 2.06 bits per heavy atom. The molecule has 0 heterocycles. The summed E-state index contributed by atoms with van der Waals surface area (Å²) in [6.07, 6.45) is 23.2. The number of Topliss-reactive ketones (excluding diaryl/α,β-unsaturated/α-hetero) is 1. The molecule has 0 bridgehead atoms. The van der Waals surface area contributed by atoms with Crippen LogP contribution in [0.5, 0.6) is 0 Å². The normalized spacial score (nSPS) is 39.3. The van der Waals surface area contributed by atoms with E-state index in [0.717, 1.165) is 69.1 Å². The van der Waals surface area contributed by atoms with Gasteiger partial charge in [0, 0.05) is 0 Å². The summed E-state index contributed by atoms with van der Waals surface area (Å²) in [5, 5.41) is 0. The first-order valence-electron chi connectivity index (χ1n) is 14.8. The highest BCUT2D eigenvalue weighted by molar-refractivity contribution is 5.99. The lowest BCUT2D eigenvalue weighted by Gasteiger charge is -2.64. The molecule has 4 rings (SSSR count). The van der Waals surface area contributed by atoms with E-state index in [4.69, 9.17) is 0 Å². The van der Waals surface area contributed by atoms with Gasteiger partial charge >= 0.3 is 0 Å². The summed E-state index contributed by atoms with van der Waals surface area (Å²) in [5.41, 5.74) is -1.15. The molecule has 1 nitrogen and oxygen atoms in total. The average molecular weight is 447 g/mol. The molecule has 4 atom stereocenters. The second kappa shape index (κ2) is 10.9. The van der Waals surface area contributed by atoms with Crippen LogP contribution in [0.3, 0.4) is 0 Å². The first-order valence-corrected chi connectivity index (χ1v) is 14.8. The van der Waals surface area contributed by atoms with Crippen molar-refractivity contribution in [2.75, 3.05) is 0 Å². The first kappa shape index (κ1) is 24.7. The molecule has 0 aliphatic heterocycles. The van der Waals surface area contributed by atoms with Gasteiger partial charge in [0.15, 0.2) is 5.78 Å². The van der Waals surface area contributed by atoms with E-state index >= 15 is 4.39 Å². The number of rotatable bonds is 9. The second-order valence-corrected chi connectivity index (χ2v) is 12.5. The molecule has 0 aromatic rings. The molecule has 0 amide bonds. The van der Waals surface area contributed by atoms with Crippen LogP contribution < -0.4 is 0 Å². The Balaban J connectivity index is 1.39. The lowest BCUT2D eigenvalue weighted by Crippen LogP contribution is -2.71. The summed E-state index contributed by atoms with van der Waals surface area (Å²) in [4.78, 5) is 13.8. The minimum absolute atomic E-state index is 0.324. The Kier molecular flexibility index (Phi) is 8.42. The van der Waals surface area contributed by atoms with Crippen molar-refractivity contribution in [3.05, 3.63) is 0 Å². The second-order valence-electron chi connectivity index (χ2n) is 12.5. The van der Waals surface area contributed by atoms with E-state index in [2.05, 4.69) is 13.8 Å². The maximum Gasteiger partial charge on any atom is 0.151 e. The highest BCUT2D eigenvalue weighted by atomic mass is 19.1. The summed E-state index contributed by atoms with van der Waals surface area (Å²) in [6.45, 7) is 4.55. The molecule has 0 N–H and O–H groups in total. The third-order valence-electron chi connectivity index (χ3n) is 10.7. The van der Waals surface area contributed by atoms with Crippen molar-refractivity contribution in [2.24, 2.45) is 34.5 Å². The molecule has 32 heavy (non-hydrogen) atoms. The van der Waals surface area contributed by atoms with E-state index < -0.39 is 17.0 Å². The molecule has 4 aliphatic carbocycles. The molecule has 2 heteroatoms. The van der Waals surface area contributed by atoms with Crippen molar-refractivity contribution in [1.29, 1.82) is 0 Å². The highest BCUT2D eigenvalue weighted by Gasteiger charge is 2.73. The van der Waals surface area contributed by atoms with Crippen LogP contribution >= 0.6 is 0 Å². The fourth-order valence-corrected chi connectivity index (χ4v) is 8.80. The van der Waals surface area contributed by atoms with Gasteiger partial charge in [-0.2, -0.15) is 0 Å². The maximum atomic E-state index is 16.2.